The van der Waals surface area contributed by atoms with E-state index in [1.165, 1.54) is 44.6 Å². The maximum absolute atomic E-state index is 4.64. The van der Waals surface area contributed by atoms with Crippen molar-refractivity contribution in [3.63, 3.8) is 0 Å². The Kier molecular flexibility index (Phi) is 7.85. The van der Waals surface area contributed by atoms with Gasteiger partial charge in [0.2, 0.25) is 0 Å². The minimum absolute atomic E-state index is 0. The molecular weight excluding hydrogens is 465 g/mol. The quantitative estimate of drug-likeness (QED) is 0.164. The van der Waals surface area contributed by atoms with Crippen LogP contribution in [0.1, 0.15) is 0 Å². The molecule has 0 saturated carbocycles. The summed E-state index contributed by atoms with van der Waals surface area (Å²) in [6.45, 7) is 0. The van der Waals surface area contributed by atoms with Gasteiger partial charge in [-0.1, -0.05) is 42.5 Å². The van der Waals surface area contributed by atoms with Crippen LogP contribution in [0.5, 0.6) is 0 Å². The van der Waals surface area contributed by atoms with Crippen LogP contribution in [0.15, 0.2) is 115 Å². The summed E-state index contributed by atoms with van der Waals surface area (Å²) in [6.07, 6.45) is 1.47. The number of hydrogen-bond donors (Lipinski definition) is 0. The molecule has 6 aromatic rings. The van der Waals surface area contributed by atoms with Gasteiger partial charge in [0.05, 0.1) is 11.0 Å². The maximum Gasteiger partial charge on any atom is 2.00 e. The fraction of sp³-hybridized carbons (Fsp3) is 0.0370. The Morgan fingerprint density at radius 3 is 1.73 bits per heavy atom. The van der Waals surface area contributed by atoms with Crippen molar-refractivity contribution in [3.05, 3.63) is 115 Å². The first-order valence-electron chi connectivity index (χ1n) is 9.60. The Labute approximate surface area is 201 Å². The minimum atomic E-state index is 0. The van der Waals surface area contributed by atoms with Crippen molar-refractivity contribution in [2.75, 3.05) is 6.38 Å². The van der Waals surface area contributed by atoms with Gasteiger partial charge in [0.15, 0.2) is 0 Å². The number of fused-ring (bicyclic) bond motifs is 4. The van der Waals surface area contributed by atoms with Crippen LogP contribution in [0.4, 0.5) is 0 Å². The van der Waals surface area contributed by atoms with Crippen LogP contribution >= 0.6 is 11.6 Å². The third kappa shape index (κ3) is 4.36. The molecule has 0 N–H and O–H groups in total. The van der Waals surface area contributed by atoms with Crippen LogP contribution in [-0.4, -0.2) is 11.0 Å². The topological polar surface area (TPSA) is 4.93 Å². The van der Waals surface area contributed by atoms with E-state index in [0.717, 1.165) is 0 Å². The van der Waals surface area contributed by atoms with Gasteiger partial charge in [-0.25, -0.2) is 12.1 Å². The normalized spacial score (nSPS) is 10.1. The van der Waals surface area contributed by atoms with Gasteiger partial charge >= 0.3 is 26.2 Å². The summed E-state index contributed by atoms with van der Waals surface area (Å²) < 4.78 is 2.37. The summed E-state index contributed by atoms with van der Waals surface area (Å²) in [5.41, 5.74) is 3.76. The smallest absolute Gasteiger partial charge is 0.328 e. The predicted molar refractivity (Wildman–Crippen MR) is 128 cm³/mol. The molecule has 0 aliphatic rings. The first-order valence-corrected chi connectivity index (χ1v) is 10.4. The third-order valence-corrected chi connectivity index (χ3v) is 5.00. The van der Waals surface area contributed by atoms with E-state index in [4.69, 9.17) is 0 Å². The van der Waals surface area contributed by atoms with Gasteiger partial charge in [-0.15, -0.1) is 52.7 Å². The molecule has 3 heteroatoms. The van der Waals surface area contributed by atoms with Gasteiger partial charge in [-0.05, 0) is 17.8 Å². The van der Waals surface area contributed by atoms with Crippen molar-refractivity contribution in [1.29, 1.82) is 0 Å². The monoisotopic (exact) mass is 485 g/mol. The molecule has 0 saturated heterocycles. The molecule has 0 bridgehead atoms. The van der Waals surface area contributed by atoms with Crippen molar-refractivity contribution in [3.8, 4) is 5.69 Å². The van der Waals surface area contributed by atoms with Crippen LogP contribution in [0.2, 0.25) is 0 Å². The Hall–Kier alpha value is -2.41. The molecular formula is C27H22ClNZr. The van der Waals surface area contributed by atoms with Crippen molar-refractivity contribution in [1.82, 2.24) is 4.57 Å². The van der Waals surface area contributed by atoms with Gasteiger partial charge in [0.1, 0.15) is 0 Å². The first-order chi connectivity index (χ1) is 14.4. The zero-order chi connectivity index (χ0) is 20.1. The summed E-state index contributed by atoms with van der Waals surface area (Å²) >= 11 is 4.64. The standard InChI is InChI=1S/C21H14N.C5H5.CH3Cl.Zr/c1-2-8-16-14-17(13-15(16)7-1)22-20-11-5-3-9-18(20)19-10-4-6-12-21(19)22;1-2-4-5-3-1;1-2;/h1-14H;1-5H;1H3;/q2*-1;;+2. The van der Waals surface area contributed by atoms with Gasteiger partial charge in [-0.3, -0.25) is 0 Å². The SMILES string of the molecule is CCl.[Zr+2].c1cc[cH-]c1.c1ccc2[cH-]c(-n3c4ccccc4c4ccccc43)cc2c1. The van der Waals surface area contributed by atoms with E-state index in [0.29, 0.717) is 0 Å². The molecule has 6 rings (SSSR count). The predicted octanol–water partition coefficient (Wildman–Crippen LogP) is 7.91. The Balaban J connectivity index is 0.000000279. The molecule has 0 aliphatic carbocycles. The molecule has 0 amide bonds. The van der Waals surface area contributed by atoms with Gasteiger partial charge < -0.3 is 4.57 Å². The van der Waals surface area contributed by atoms with Crippen LogP contribution in [-0.2, 0) is 26.2 Å². The van der Waals surface area contributed by atoms with Crippen molar-refractivity contribution in [2.45, 2.75) is 0 Å². The Bertz CT molecular complexity index is 1220. The molecule has 1 heterocycles. The second kappa shape index (κ2) is 10.6. The minimum Gasteiger partial charge on any atom is -0.328 e. The Morgan fingerprint density at radius 1 is 0.667 bits per heavy atom. The van der Waals surface area contributed by atoms with Crippen LogP contribution in [0, 0.1) is 0 Å². The number of rotatable bonds is 1. The van der Waals surface area contributed by atoms with E-state index in [9.17, 15) is 0 Å². The molecule has 1 aromatic heterocycles. The molecule has 0 unspecified atom stereocenters. The van der Waals surface area contributed by atoms with E-state index in [1.54, 1.807) is 0 Å². The van der Waals surface area contributed by atoms with Crippen molar-refractivity contribution < 1.29 is 26.2 Å². The van der Waals surface area contributed by atoms with E-state index in [1.807, 2.05) is 30.3 Å². The molecule has 0 aliphatic heterocycles. The molecule has 0 spiro atoms. The summed E-state index contributed by atoms with van der Waals surface area (Å²) in [4.78, 5) is 0. The molecule has 5 aromatic carbocycles. The second-order valence-electron chi connectivity index (χ2n) is 6.67. The number of hydrogen-bond acceptors (Lipinski definition) is 0. The summed E-state index contributed by atoms with van der Waals surface area (Å²) in [5.74, 6) is 0. The molecule has 0 fully saturated rings. The fourth-order valence-corrected chi connectivity index (χ4v) is 3.78. The molecule has 30 heavy (non-hydrogen) atoms. The third-order valence-electron chi connectivity index (χ3n) is 5.00. The van der Waals surface area contributed by atoms with Crippen molar-refractivity contribution >= 4 is 44.2 Å². The maximum atomic E-state index is 4.64. The van der Waals surface area contributed by atoms with E-state index >= 15 is 0 Å². The van der Waals surface area contributed by atoms with Crippen LogP contribution in [0.3, 0.4) is 0 Å². The summed E-state index contributed by atoms with van der Waals surface area (Å²) in [7, 11) is 0. The van der Waals surface area contributed by atoms with E-state index in [-0.39, 0.29) is 26.2 Å². The molecule has 1 nitrogen and oxygen atoms in total. The van der Waals surface area contributed by atoms with E-state index in [2.05, 4.69) is 101 Å². The summed E-state index contributed by atoms with van der Waals surface area (Å²) in [5, 5.41) is 5.20. The van der Waals surface area contributed by atoms with Crippen LogP contribution in [0.25, 0.3) is 38.3 Å². The number of benzene rings is 3. The number of nitrogens with zero attached hydrogens (tertiary/aromatic N) is 1. The average molecular weight is 487 g/mol. The number of alkyl halides is 1. The largest absolute Gasteiger partial charge is 2.00 e. The van der Waals surface area contributed by atoms with Gasteiger partial charge in [0.25, 0.3) is 0 Å². The molecule has 146 valence electrons. The number of halogens is 1. The first kappa shape index (κ1) is 22.3. The number of para-hydroxylation sites is 2. The fourth-order valence-electron chi connectivity index (χ4n) is 3.78. The summed E-state index contributed by atoms with van der Waals surface area (Å²) in [6, 6.07) is 40.3. The number of aromatic nitrogens is 1. The van der Waals surface area contributed by atoms with Gasteiger partial charge in [-0.2, -0.15) is 18.2 Å². The van der Waals surface area contributed by atoms with Crippen LogP contribution < -0.4 is 0 Å². The van der Waals surface area contributed by atoms with Crippen molar-refractivity contribution in [2.24, 2.45) is 0 Å². The average Bonchev–Trinajstić information content (AvgIpc) is 3.54. The molecule has 0 radical (unpaired) electrons. The van der Waals surface area contributed by atoms with E-state index < -0.39 is 0 Å². The zero-order valence-corrected chi connectivity index (χ0v) is 20.0. The Morgan fingerprint density at radius 2 is 1.20 bits per heavy atom. The zero-order valence-electron chi connectivity index (χ0n) is 16.8. The van der Waals surface area contributed by atoms with Gasteiger partial charge in [0, 0.05) is 17.2 Å². The molecule has 0 atom stereocenters. The second-order valence-corrected chi connectivity index (χ2v) is 6.67.